The average Bonchev–Trinajstić information content (AvgIpc) is 2.39. The fourth-order valence-corrected chi connectivity index (χ4v) is 1.69. The molecule has 0 saturated heterocycles. The van der Waals surface area contributed by atoms with Crippen molar-refractivity contribution < 1.29 is 9.59 Å². The number of nitrogens with two attached hydrogens (primary N) is 1. The summed E-state index contributed by atoms with van der Waals surface area (Å²) in [7, 11) is 0. The maximum absolute atomic E-state index is 11.8. The van der Waals surface area contributed by atoms with Crippen molar-refractivity contribution >= 4 is 12.2 Å². The van der Waals surface area contributed by atoms with Crippen LogP contribution in [0.25, 0.3) is 0 Å². The molecule has 0 bridgehead atoms. The third-order valence-electron chi connectivity index (χ3n) is 2.67. The summed E-state index contributed by atoms with van der Waals surface area (Å²) in [5.74, 6) is -0.305. The first-order valence-electron chi connectivity index (χ1n) is 6.15. The molecule has 0 fully saturated rings. The van der Waals surface area contributed by atoms with Gasteiger partial charge in [0.15, 0.2) is 0 Å². The number of rotatable bonds is 7. The van der Waals surface area contributed by atoms with Crippen LogP contribution < -0.4 is 11.1 Å². The van der Waals surface area contributed by atoms with E-state index in [0.717, 1.165) is 12.0 Å². The van der Waals surface area contributed by atoms with Crippen LogP contribution in [0.5, 0.6) is 0 Å². The molecule has 0 aliphatic heterocycles. The van der Waals surface area contributed by atoms with Crippen LogP contribution in [0.3, 0.4) is 0 Å². The van der Waals surface area contributed by atoms with Gasteiger partial charge in [0.05, 0.1) is 12.1 Å². The Morgan fingerprint density at radius 1 is 1.39 bits per heavy atom. The standard InChI is InChI=1S/C14H19N2O2/c1-2-6-12(10-17)16-14(18)13(15)9-11-7-4-3-5-8-11/h3-5,7-8,12-13H,2,6,9,15H2,1H3,(H,16,18). The van der Waals surface area contributed by atoms with E-state index in [4.69, 9.17) is 5.73 Å². The van der Waals surface area contributed by atoms with Gasteiger partial charge >= 0.3 is 0 Å². The smallest absolute Gasteiger partial charge is 0.237 e. The van der Waals surface area contributed by atoms with E-state index in [1.807, 2.05) is 43.5 Å². The summed E-state index contributed by atoms with van der Waals surface area (Å²) in [5.41, 5.74) is 6.81. The van der Waals surface area contributed by atoms with Gasteiger partial charge in [-0.25, -0.2) is 0 Å². The van der Waals surface area contributed by atoms with Crippen molar-refractivity contribution in [1.82, 2.24) is 5.32 Å². The topological polar surface area (TPSA) is 72.2 Å². The van der Waals surface area contributed by atoms with Gasteiger partial charge in [0, 0.05) is 0 Å². The second-order valence-corrected chi connectivity index (χ2v) is 4.26. The van der Waals surface area contributed by atoms with Crippen LogP contribution in [0.2, 0.25) is 0 Å². The van der Waals surface area contributed by atoms with Crippen molar-refractivity contribution in [2.24, 2.45) is 5.73 Å². The highest BCUT2D eigenvalue weighted by atomic mass is 16.2. The molecule has 1 amide bonds. The molecule has 0 heterocycles. The normalized spacial score (nSPS) is 13.7. The van der Waals surface area contributed by atoms with Crippen molar-refractivity contribution in [2.75, 3.05) is 0 Å². The number of amides is 1. The minimum atomic E-state index is -0.639. The number of carbonyl (C=O) groups excluding carboxylic acids is 2. The highest BCUT2D eigenvalue weighted by Crippen LogP contribution is 2.02. The second-order valence-electron chi connectivity index (χ2n) is 4.26. The van der Waals surface area contributed by atoms with Crippen molar-refractivity contribution in [3.63, 3.8) is 0 Å². The molecule has 0 saturated carbocycles. The second kappa shape index (κ2) is 7.61. The number of hydrogen-bond donors (Lipinski definition) is 2. The fourth-order valence-electron chi connectivity index (χ4n) is 1.69. The third kappa shape index (κ3) is 4.67. The van der Waals surface area contributed by atoms with Crippen molar-refractivity contribution in [3.8, 4) is 0 Å². The van der Waals surface area contributed by atoms with Crippen LogP contribution in [0, 0.1) is 0 Å². The lowest BCUT2D eigenvalue weighted by atomic mass is 10.1. The minimum Gasteiger partial charge on any atom is -0.344 e. The molecule has 1 radical (unpaired) electrons. The molecule has 4 nitrogen and oxygen atoms in total. The first-order chi connectivity index (χ1) is 8.67. The van der Waals surface area contributed by atoms with E-state index in [1.54, 1.807) is 0 Å². The molecular weight excluding hydrogens is 228 g/mol. The quantitative estimate of drug-likeness (QED) is 0.753. The lowest BCUT2D eigenvalue weighted by molar-refractivity contribution is -0.122. The molecule has 1 aromatic carbocycles. The van der Waals surface area contributed by atoms with Crippen LogP contribution in [-0.4, -0.2) is 24.3 Å². The van der Waals surface area contributed by atoms with E-state index in [1.165, 1.54) is 0 Å². The largest absolute Gasteiger partial charge is 0.344 e. The molecule has 0 aromatic heterocycles. The molecular formula is C14H19N2O2. The summed E-state index contributed by atoms with van der Waals surface area (Å²) < 4.78 is 0. The van der Waals surface area contributed by atoms with Crippen LogP contribution in [-0.2, 0) is 16.0 Å². The number of nitrogens with one attached hydrogen (secondary N) is 1. The van der Waals surface area contributed by atoms with Gasteiger partial charge in [-0.15, -0.1) is 0 Å². The lowest BCUT2D eigenvalue weighted by Gasteiger charge is -2.15. The van der Waals surface area contributed by atoms with Crippen molar-refractivity contribution in [2.45, 2.75) is 38.3 Å². The van der Waals surface area contributed by atoms with Crippen LogP contribution in [0.4, 0.5) is 0 Å². The number of carbonyl (C=O) groups is 1. The van der Waals surface area contributed by atoms with E-state index in [-0.39, 0.29) is 5.91 Å². The third-order valence-corrected chi connectivity index (χ3v) is 2.67. The molecule has 0 aliphatic carbocycles. The SMILES string of the molecule is CCCC([C]=O)NC(=O)C(N)Cc1ccccc1. The number of hydrogen-bond acceptors (Lipinski definition) is 3. The van der Waals surface area contributed by atoms with Gasteiger partial charge in [0.1, 0.15) is 0 Å². The zero-order chi connectivity index (χ0) is 13.4. The minimum absolute atomic E-state index is 0.305. The highest BCUT2D eigenvalue weighted by molar-refractivity contribution is 5.84. The molecule has 3 N–H and O–H groups in total. The summed E-state index contributed by atoms with van der Waals surface area (Å²) in [6, 6.07) is 8.36. The van der Waals surface area contributed by atoms with Crippen LogP contribution >= 0.6 is 0 Å². The van der Waals surface area contributed by atoms with Gasteiger partial charge in [0.2, 0.25) is 12.2 Å². The zero-order valence-electron chi connectivity index (χ0n) is 10.6. The molecule has 4 heteroatoms. The lowest BCUT2D eigenvalue weighted by Crippen LogP contribution is -2.46. The summed E-state index contributed by atoms with van der Waals surface area (Å²) in [6.07, 6.45) is 3.68. The Hall–Kier alpha value is -1.68. The van der Waals surface area contributed by atoms with E-state index in [2.05, 4.69) is 5.32 Å². The molecule has 1 aromatic rings. The van der Waals surface area contributed by atoms with Gasteiger partial charge in [0.25, 0.3) is 0 Å². The summed E-state index contributed by atoms with van der Waals surface area (Å²) in [6.45, 7) is 1.94. The van der Waals surface area contributed by atoms with Crippen LogP contribution in [0.1, 0.15) is 25.3 Å². The van der Waals surface area contributed by atoms with Crippen LogP contribution in [0.15, 0.2) is 30.3 Å². The summed E-state index contributed by atoms with van der Waals surface area (Å²) >= 11 is 0. The average molecular weight is 247 g/mol. The fraction of sp³-hybridized carbons (Fsp3) is 0.429. The Labute approximate surface area is 108 Å². The van der Waals surface area contributed by atoms with Crippen molar-refractivity contribution in [3.05, 3.63) is 35.9 Å². The maximum atomic E-state index is 11.8. The number of benzene rings is 1. The maximum Gasteiger partial charge on any atom is 0.237 e. The summed E-state index contributed by atoms with van der Waals surface area (Å²) in [4.78, 5) is 22.4. The van der Waals surface area contributed by atoms with Gasteiger partial charge in [-0.1, -0.05) is 43.7 Å². The molecule has 0 aliphatic rings. The Morgan fingerprint density at radius 2 is 2.06 bits per heavy atom. The van der Waals surface area contributed by atoms with E-state index < -0.39 is 12.1 Å². The molecule has 2 unspecified atom stereocenters. The predicted molar refractivity (Wildman–Crippen MR) is 70.7 cm³/mol. The highest BCUT2D eigenvalue weighted by Gasteiger charge is 2.17. The molecule has 2 atom stereocenters. The van der Waals surface area contributed by atoms with Crippen molar-refractivity contribution in [1.29, 1.82) is 0 Å². The Kier molecular flexibility index (Phi) is 6.08. The van der Waals surface area contributed by atoms with Gasteiger partial charge in [-0.05, 0) is 18.4 Å². The van der Waals surface area contributed by atoms with Gasteiger partial charge < -0.3 is 11.1 Å². The summed E-state index contributed by atoms with van der Waals surface area (Å²) in [5, 5.41) is 2.60. The molecule has 97 valence electrons. The Bertz CT molecular complexity index is 379. The zero-order valence-corrected chi connectivity index (χ0v) is 10.6. The first kappa shape index (κ1) is 14.4. The van der Waals surface area contributed by atoms with E-state index in [0.29, 0.717) is 12.8 Å². The molecule has 0 spiro atoms. The van der Waals surface area contributed by atoms with E-state index in [9.17, 15) is 9.59 Å². The van der Waals surface area contributed by atoms with Gasteiger partial charge in [-0.2, -0.15) is 0 Å². The Morgan fingerprint density at radius 3 is 2.61 bits per heavy atom. The van der Waals surface area contributed by atoms with Gasteiger partial charge in [-0.3, -0.25) is 9.59 Å². The monoisotopic (exact) mass is 247 g/mol. The first-order valence-corrected chi connectivity index (χ1v) is 6.15. The Balaban J connectivity index is 2.48. The molecule has 1 rings (SSSR count). The van der Waals surface area contributed by atoms with E-state index >= 15 is 0 Å². The predicted octanol–water partition coefficient (Wildman–Crippen LogP) is 0.951. The molecule has 18 heavy (non-hydrogen) atoms.